The fraction of sp³-hybridized carbons (Fsp3) is 0.308. The van der Waals surface area contributed by atoms with Gasteiger partial charge in [0.1, 0.15) is 6.54 Å². The van der Waals surface area contributed by atoms with Gasteiger partial charge < -0.3 is 9.67 Å². The van der Waals surface area contributed by atoms with E-state index in [1.165, 1.54) is 0 Å². The van der Waals surface area contributed by atoms with Crippen molar-refractivity contribution in [2.75, 3.05) is 0 Å². The topological polar surface area (TPSA) is 42.2 Å². The van der Waals surface area contributed by atoms with Crippen LogP contribution in [0.5, 0.6) is 0 Å². The summed E-state index contributed by atoms with van der Waals surface area (Å²) in [5, 5.41) is 9.97. The van der Waals surface area contributed by atoms with Gasteiger partial charge in [-0.05, 0) is 25.5 Å². The monoisotopic (exact) mass is 219 g/mol. The van der Waals surface area contributed by atoms with Crippen molar-refractivity contribution in [3.05, 3.63) is 35.5 Å². The molecule has 86 valence electrons. The van der Waals surface area contributed by atoms with E-state index >= 15 is 0 Å². The summed E-state index contributed by atoms with van der Waals surface area (Å²) in [7, 11) is 0. The van der Waals surface area contributed by atoms with Crippen LogP contribution in [0.4, 0.5) is 0 Å². The number of benzene rings is 1. The Kier molecular flexibility index (Phi) is 3.38. The van der Waals surface area contributed by atoms with E-state index in [2.05, 4.69) is 0 Å². The minimum atomic E-state index is -0.807. The van der Waals surface area contributed by atoms with Crippen LogP contribution in [0.3, 0.4) is 0 Å². The van der Waals surface area contributed by atoms with Crippen LogP contribution in [-0.2, 0) is 11.3 Å². The summed E-state index contributed by atoms with van der Waals surface area (Å²) in [4.78, 5) is 10.8. The number of carbonyl (C=O) groups is 1. The van der Waals surface area contributed by atoms with Crippen LogP contribution in [0.2, 0.25) is 0 Å². The first-order chi connectivity index (χ1) is 7.11. The number of carboxylic acid groups (broad SMARTS) is 1. The number of nitrogens with zero attached hydrogens (tertiary/aromatic N) is 1. The number of aryl methyl sites for hydroxylation is 1. The van der Waals surface area contributed by atoms with Crippen LogP contribution in [0.15, 0.2) is 24.3 Å². The van der Waals surface area contributed by atoms with Crippen LogP contribution >= 0.6 is 0 Å². The van der Waals surface area contributed by atoms with E-state index in [9.17, 15) is 4.79 Å². The van der Waals surface area contributed by atoms with Gasteiger partial charge in [0.25, 0.3) is 0 Å². The highest BCUT2D eigenvalue weighted by Crippen LogP contribution is 2.24. The smallest absolute Gasteiger partial charge is 0.323 e. The highest BCUT2D eigenvalue weighted by atomic mass is 16.4. The van der Waals surface area contributed by atoms with E-state index < -0.39 is 5.97 Å². The average molecular weight is 219 g/mol. The molecule has 0 saturated heterocycles. The van der Waals surface area contributed by atoms with Crippen molar-refractivity contribution < 1.29 is 9.90 Å². The quantitative estimate of drug-likeness (QED) is 0.843. The molecule has 1 heterocycles. The third-order valence-electron chi connectivity index (χ3n) is 2.84. The zero-order valence-electron chi connectivity index (χ0n) is 8.82. The number of aromatic nitrogens is 1. The van der Waals surface area contributed by atoms with Gasteiger partial charge in [0, 0.05) is 16.6 Å². The van der Waals surface area contributed by atoms with Gasteiger partial charge in [-0.15, -0.1) is 0 Å². The number of hydrogen-bond donors (Lipinski definition) is 1. The van der Waals surface area contributed by atoms with Crippen molar-refractivity contribution in [2.24, 2.45) is 0 Å². The van der Waals surface area contributed by atoms with Gasteiger partial charge in [-0.3, -0.25) is 4.79 Å². The van der Waals surface area contributed by atoms with Gasteiger partial charge in [-0.2, -0.15) is 0 Å². The lowest BCUT2D eigenvalue weighted by molar-refractivity contribution is -0.137. The molecule has 0 unspecified atom stereocenters. The molecular formula is C13H17NO2. The maximum atomic E-state index is 10.8. The SMILES string of the molecule is C.Cc1c(C)n(CC(=O)O)c2ccccc12. The molecule has 0 aliphatic rings. The molecule has 1 aromatic carbocycles. The molecule has 3 nitrogen and oxygen atoms in total. The molecule has 1 N–H and O–H groups in total. The van der Waals surface area contributed by atoms with E-state index in [0.29, 0.717) is 0 Å². The Morgan fingerprint density at radius 3 is 2.56 bits per heavy atom. The Bertz CT molecular complexity index is 526. The molecule has 16 heavy (non-hydrogen) atoms. The molecule has 1 aromatic heterocycles. The number of hydrogen-bond acceptors (Lipinski definition) is 1. The summed E-state index contributed by atoms with van der Waals surface area (Å²) < 4.78 is 1.84. The zero-order valence-corrected chi connectivity index (χ0v) is 8.82. The second-order valence-electron chi connectivity index (χ2n) is 3.71. The van der Waals surface area contributed by atoms with E-state index in [1.54, 1.807) is 0 Å². The molecular weight excluding hydrogens is 202 g/mol. The van der Waals surface area contributed by atoms with E-state index in [-0.39, 0.29) is 14.0 Å². The molecule has 3 heteroatoms. The molecule has 0 saturated carbocycles. The van der Waals surface area contributed by atoms with Crippen molar-refractivity contribution in [2.45, 2.75) is 27.8 Å². The molecule has 0 bridgehead atoms. The Hall–Kier alpha value is -1.77. The van der Waals surface area contributed by atoms with Crippen molar-refractivity contribution in [3.8, 4) is 0 Å². The van der Waals surface area contributed by atoms with Gasteiger partial charge in [-0.1, -0.05) is 25.6 Å². The summed E-state index contributed by atoms with van der Waals surface area (Å²) in [6.45, 7) is 4.01. The standard InChI is InChI=1S/C12H13NO2.CH4/c1-8-9(2)13(7-12(14)15)11-6-4-3-5-10(8)11;/h3-6H,7H2,1-2H3,(H,14,15);1H4. The molecule has 0 spiro atoms. The minimum absolute atomic E-state index is 0. The second kappa shape index (κ2) is 4.39. The molecule has 0 fully saturated rings. The lowest BCUT2D eigenvalue weighted by Gasteiger charge is -2.03. The number of fused-ring (bicyclic) bond motifs is 1. The first-order valence-electron chi connectivity index (χ1n) is 4.87. The fourth-order valence-corrected chi connectivity index (χ4v) is 1.94. The average Bonchev–Trinajstić information content (AvgIpc) is 2.44. The predicted octanol–water partition coefficient (Wildman–Crippen LogP) is 2.98. The van der Waals surface area contributed by atoms with Crippen LogP contribution in [-0.4, -0.2) is 15.6 Å². The second-order valence-corrected chi connectivity index (χ2v) is 3.71. The number of rotatable bonds is 2. The highest BCUT2D eigenvalue weighted by molar-refractivity contribution is 5.86. The van der Waals surface area contributed by atoms with Crippen LogP contribution in [0, 0.1) is 13.8 Å². The normalized spacial score (nSPS) is 10.1. The number of para-hydroxylation sites is 1. The fourth-order valence-electron chi connectivity index (χ4n) is 1.94. The molecule has 0 atom stereocenters. The molecule has 2 rings (SSSR count). The Morgan fingerprint density at radius 2 is 1.94 bits per heavy atom. The first kappa shape index (κ1) is 12.3. The van der Waals surface area contributed by atoms with Gasteiger partial charge >= 0.3 is 5.97 Å². The van der Waals surface area contributed by atoms with Crippen LogP contribution < -0.4 is 0 Å². The van der Waals surface area contributed by atoms with Gasteiger partial charge in [0.15, 0.2) is 0 Å². The van der Waals surface area contributed by atoms with E-state index in [4.69, 9.17) is 5.11 Å². The third kappa shape index (κ3) is 1.81. The largest absolute Gasteiger partial charge is 0.480 e. The van der Waals surface area contributed by atoms with Crippen molar-refractivity contribution in [1.82, 2.24) is 4.57 Å². The maximum Gasteiger partial charge on any atom is 0.323 e. The summed E-state index contributed by atoms with van der Waals surface area (Å²) in [6.07, 6.45) is 0. The van der Waals surface area contributed by atoms with E-state index in [1.807, 2.05) is 42.7 Å². The van der Waals surface area contributed by atoms with Crippen LogP contribution in [0.25, 0.3) is 10.9 Å². The Morgan fingerprint density at radius 1 is 1.31 bits per heavy atom. The molecule has 2 aromatic rings. The van der Waals surface area contributed by atoms with Crippen molar-refractivity contribution >= 4 is 16.9 Å². The number of carboxylic acids is 1. The highest BCUT2D eigenvalue weighted by Gasteiger charge is 2.11. The number of aliphatic carboxylic acids is 1. The minimum Gasteiger partial charge on any atom is -0.480 e. The van der Waals surface area contributed by atoms with Gasteiger partial charge in [-0.25, -0.2) is 0 Å². The van der Waals surface area contributed by atoms with Gasteiger partial charge in [0.2, 0.25) is 0 Å². The first-order valence-corrected chi connectivity index (χ1v) is 4.87. The molecule has 0 aliphatic heterocycles. The lowest BCUT2D eigenvalue weighted by Crippen LogP contribution is -2.09. The summed E-state index contributed by atoms with van der Waals surface area (Å²) in [5.41, 5.74) is 3.18. The summed E-state index contributed by atoms with van der Waals surface area (Å²) in [6, 6.07) is 7.88. The maximum absolute atomic E-state index is 10.8. The molecule has 0 amide bonds. The zero-order chi connectivity index (χ0) is 11.0. The van der Waals surface area contributed by atoms with E-state index in [0.717, 1.165) is 22.2 Å². The van der Waals surface area contributed by atoms with Crippen LogP contribution in [0.1, 0.15) is 18.7 Å². The Labute approximate surface area is 95.3 Å². The molecule has 0 aliphatic carbocycles. The lowest BCUT2D eigenvalue weighted by atomic mass is 10.2. The predicted molar refractivity (Wildman–Crippen MR) is 65.8 cm³/mol. The third-order valence-corrected chi connectivity index (χ3v) is 2.84. The summed E-state index contributed by atoms with van der Waals surface area (Å²) >= 11 is 0. The Balaban J connectivity index is 0.00000128. The summed E-state index contributed by atoms with van der Waals surface area (Å²) in [5.74, 6) is -0.807. The van der Waals surface area contributed by atoms with Crippen molar-refractivity contribution in [1.29, 1.82) is 0 Å². The molecule has 0 radical (unpaired) electrons. The van der Waals surface area contributed by atoms with Crippen molar-refractivity contribution in [3.63, 3.8) is 0 Å². The van der Waals surface area contributed by atoms with Gasteiger partial charge in [0.05, 0.1) is 0 Å².